The Kier molecular flexibility index (Phi) is 3.03. The van der Waals surface area contributed by atoms with Crippen molar-refractivity contribution in [3.05, 3.63) is 30.1 Å². The molecule has 0 bridgehead atoms. The predicted molar refractivity (Wildman–Crippen MR) is 61.3 cm³/mol. The molecular formula is C12H19N3. The molecular weight excluding hydrogens is 186 g/mol. The first-order valence-electron chi connectivity index (χ1n) is 5.54. The standard InChI is InChI=1S/C12H19N3/c1-15(10-12(13)5-3-6-12)9-11-4-2-7-14-8-11/h2,4,7-8H,3,5-6,9-10,13H2,1H3. The van der Waals surface area contributed by atoms with Crippen molar-refractivity contribution >= 4 is 0 Å². The first kappa shape index (κ1) is 10.6. The van der Waals surface area contributed by atoms with Gasteiger partial charge in [0.05, 0.1) is 0 Å². The zero-order valence-corrected chi connectivity index (χ0v) is 9.32. The maximum absolute atomic E-state index is 6.20. The molecule has 0 saturated heterocycles. The molecule has 0 aromatic carbocycles. The lowest BCUT2D eigenvalue weighted by atomic mass is 9.77. The van der Waals surface area contributed by atoms with Crippen LogP contribution in [0.2, 0.25) is 0 Å². The summed E-state index contributed by atoms with van der Waals surface area (Å²) >= 11 is 0. The molecule has 0 amide bonds. The predicted octanol–water partition coefficient (Wildman–Crippen LogP) is 1.39. The Bertz CT molecular complexity index is 306. The number of nitrogens with zero attached hydrogens (tertiary/aromatic N) is 2. The summed E-state index contributed by atoms with van der Waals surface area (Å²) in [7, 11) is 2.12. The van der Waals surface area contributed by atoms with Crippen LogP contribution in [0.4, 0.5) is 0 Å². The Labute approximate surface area is 91.3 Å². The van der Waals surface area contributed by atoms with Crippen molar-refractivity contribution in [2.45, 2.75) is 31.3 Å². The Morgan fingerprint density at radius 3 is 2.87 bits per heavy atom. The highest BCUT2D eigenvalue weighted by molar-refractivity contribution is 5.08. The van der Waals surface area contributed by atoms with Crippen LogP contribution in [-0.4, -0.2) is 29.0 Å². The summed E-state index contributed by atoms with van der Waals surface area (Å²) in [6.07, 6.45) is 7.35. The van der Waals surface area contributed by atoms with Gasteiger partial charge in [0.15, 0.2) is 0 Å². The van der Waals surface area contributed by atoms with Gasteiger partial charge in [-0.2, -0.15) is 0 Å². The third-order valence-corrected chi connectivity index (χ3v) is 3.11. The summed E-state index contributed by atoms with van der Waals surface area (Å²) in [5, 5.41) is 0. The SMILES string of the molecule is CN(Cc1cccnc1)CC1(N)CCC1. The molecule has 0 radical (unpaired) electrons. The normalized spacial score (nSPS) is 18.9. The molecule has 0 atom stereocenters. The highest BCUT2D eigenvalue weighted by Crippen LogP contribution is 2.29. The van der Waals surface area contributed by atoms with Crippen molar-refractivity contribution in [2.24, 2.45) is 5.73 Å². The molecule has 1 aliphatic carbocycles. The van der Waals surface area contributed by atoms with Crippen molar-refractivity contribution in [1.29, 1.82) is 0 Å². The van der Waals surface area contributed by atoms with E-state index in [0.29, 0.717) is 0 Å². The molecule has 0 unspecified atom stereocenters. The van der Waals surface area contributed by atoms with E-state index in [1.54, 1.807) is 6.20 Å². The molecule has 0 aliphatic heterocycles. The number of rotatable bonds is 4. The smallest absolute Gasteiger partial charge is 0.0312 e. The molecule has 2 rings (SSSR count). The van der Waals surface area contributed by atoms with Gasteiger partial charge in [0, 0.05) is 31.0 Å². The molecule has 3 heteroatoms. The molecule has 3 nitrogen and oxygen atoms in total. The molecule has 1 aromatic rings. The molecule has 1 heterocycles. The molecule has 15 heavy (non-hydrogen) atoms. The second-order valence-corrected chi connectivity index (χ2v) is 4.75. The van der Waals surface area contributed by atoms with Gasteiger partial charge in [-0.15, -0.1) is 0 Å². The third kappa shape index (κ3) is 2.76. The van der Waals surface area contributed by atoms with Crippen LogP contribution < -0.4 is 5.73 Å². The van der Waals surface area contributed by atoms with E-state index in [1.165, 1.54) is 24.8 Å². The first-order valence-corrected chi connectivity index (χ1v) is 5.54. The number of aromatic nitrogens is 1. The van der Waals surface area contributed by atoms with Crippen molar-refractivity contribution in [1.82, 2.24) is 9.88 Å². The molecule has 1 aromatic heterocycles. The number of hydrogen-bond acceptors (Lipinski definition) is 3. The number of pyridine rings is 1. The van der Waals surface area contributed by atoms with Gasteiger partial charge in [0.2, 0.25) is 0 Å². The second-order valence-electron chi connectivity index (χ2n) is 4.75. The van der Waals surface area contributed by atoms with Gasteiger partial charge in [0.25, 0.3) is 0 Å². The summed E-state index contributed by atoms with van der Waals surface area (Å²) < 4.78 is 0. The maximum atomic E-state index is 6.20. The highest BCUT2D eigenvalue weighted by atomic mass is 15.1. The lowest BCUT2D eigenvalue weighted by molar-refractivity contribution is 0.161. The van der Waals surface area contributed by atoms with E-state index in [1.807, 2.05) is 12.3 Å². The van der Waals surface area contributed by atoms with E-state index in [4.69, 9.17) is 5.73 Å². The fourth-order valence-electron chi connectivity index (χ4n) is 2.19. The molecule has 0 spiro atoms. The van der Waals surface area contributed by atoms with Crippen LogP contribution in [0.3, 0.4) is 0 Å². The fourth-order valence-corrected chi connectivity index (χ4v) is 2.19. The summed E-state index contributed by atoms with van der Waals surface area (Å²) in [6, 6.07) is 4.08. The van der Waals surface area contributed by atoms with Gasteiger partial charge in [0.1, 0.15) is 0 Å². The van der Waals surface area contributed by atoms with Crippen LogP contribution in [0.5, 0.6) is 0 Å². The van der Waals surface area contributed by atoms with Gasteiger partial charge in [-0.3, -0.25) is 4.98 Å². The Balaban J connectivity index is 1.84. The summed E-state index contributed by atoms with van der Waals surface area (Å²) in [4.78, 5) is 6.40. The van der Waals surface area contributed by atoms with Crippen LogP contribution in [0.25, 0.3) is 0 Å². The van der Waals surface area contributed by atoms with Crippen molar-refractivity contribution in [3.8, 4) is 0 Å². The van der Waals surface area contributed by atoms with Gasteiger partial charge in [-0.05, 0) is 37.9 Å². The fraction of sp³-hybridized carbons (Fsp3) is 0.583. The van der Waals surface area contributed by atoms with E-state index in [-0.39, 0.29) is 5.54 Å². The van der Waals surface area contributed by atoms with Gasteiger partial charge in [-0.1, -0.05) is 6.07 Å². The van der Waals surface area contributed by atoms with Crippen molar-refractivity contribution in [3.63, 3.8) is 0 Å². The van der Waals surface area contributed by atoms with Crippen LogP contribution in [-0.2, 0) is 6.54 Å². The van der Waals surface area contributed by atoms with E-state index >= 15 is 0 Å². The Hall–Kier alpha value is -0.930. The Morgan fingerprint density at radius 2 is 2.33 bits per heavy atom. The van der Waals surface area contributed by atoms with E-state index < -0.39 is 0 Å². The van der Waals surface area contributed by atoms with E-state index in [0.717, 1.165) is 13.1 Å². The Morgan fingerprint density at radius 1 is 1.53 bits per heavy atom. The molecule has 1 fully saturated rings. The van der Waals surface area contributed by atoms with Crippen LogP contribution >= 0.6 is 0 Å². The van der Waals surface area contributed by atoms with E-state index in [2.05, 4.69) is 23.0 Å². The average molecular weight is 205 g/mol. The zero-order chi connectivity index (χ0) is 10.7. The number of nitrogens with two attached hydrogens (primary N) is 1. The first-order chi connectivity index (χ1) is 7.18. The number of hydrogen-bond donors (Lipinski definition) is 1. The lowest BCUT2D eigenvalue weighted by Gasteiger charge is -2.41. The molecule has 82 valence electrons. The zero-order valence-electron chi connectivity index (χ0n) is 9.32. The summed E-state index contributed by atoms with van der Waals surface area (Å²) in [6.45, 7) is 1.93. The largest absolute Gasteiger partial charge is 0.324 e. The molecule has 1 saturated carbocycles. The van der Waals surface area contributed by atoms with Gasteiger partial charge >= 0.3 is 0 Å². The topological polar surface area (TPSA) is 42.2 Å². The van der Waals surface area contributed by atoms with Crippen LogP contribution in [0, 0.1) is 0 Å². The van der Waals surface area contributed by atoms with Crippen molar-refractivity contribution < 1.29 is 0 Å². The molecule has 1 aliphatic rings. The minimum absolute atomic E-state index is 0.0803. The van der Waals surface area contributed by atoms with Crippen LogP contribution in [0.15, 0.2) is 24.5 Å². The average Bonchev–Trinajstić information content (AvgIpc) is 2.16. The minimum atomic E-state index is 0.0803. The quantitative estimate of drug-likeness (QED) is 0.807. The maximum Gasteiger partial charge on any atom is 0.0312 e. The summed E-state index contributed by atoms with van der Waals surface area (Å²) in [5.41, 5.74) is 7.53. The highest BCUT2D eigenvalue weighted by Gasteiger charge is 2.33. The molecule has 2 N–H and O–H groups in total. The summed E-state index contributed by atoms with van der Waals surface area (Å²) in [5.74, 6) is 0. The second kappa shape index (κ2) is 4.29. The van der Waals surface area contributed by atoms with Gasteiger partial charge < -0.3 is 10.6 Å². The number of likely N-dealkylation sites (N-methyl/N-ethyl adjacent to an activating group) is 1. The van der Waals surface area contributed by atoms with Crippen molar-refractivity contribution in [2.75, 3.05) is 13.6 Å². The van der Waals surface area contributed by atoms with E-state index in [9.17, 15) is 0 Å². The van der Waals surface area contributed by atoms with Crippen LogP contribution in [0.1, 0.15) is 24.8 Å². The monoisotopic (exact) mass is 205 g/mol. The lowest BCUT2D eigenvalue weighted by Crippen LogP contribution is -2.54. The van der Waals surface area contributed by atoms with Gasteiger partial charge in [-0.25, -0.2) is 0 Å². The third-order valence-electron chi connectivity index (χ3n) is 3.11. The minimum Gasteiger partial charge on any atom is -0.324 e.